The second-order valence-electron chi connectivity index (χ2n) is 8.27. The molecule has 2 nitrogen and oxygen atoms in total. The SMILES string of the molecule is Cc1cc(C2(c3ccc(O)c(C)c3)CCC(c3ccccc3)CC2)ccc1O. The van der Waals surface area contributed by atoms with Gasteiger partial charge in [-0.2, -0.15) is 0 Å². The third-order valence-corrected chi connectivity index (χ3v) is 6.61. The summed E-state index contributed by atoms with van der Waals surface area (Å²) >= 11 is 0. The zero-order chi connectivity index (χ0) is 19.7. The molecule has 28 heavy (non-hydrogen) atoms. The highest BCUT2D eigenvalue weighted by Gasteiger charge is 2.39. The quantitative estimate of drug-likeness (QED) is 0.562. The summed E-state index contributed by atoms with van der Waals surface area (Å²) in [6.07, 6.45) is 4.37. The lowest BCUT2D eigenvalue weighted by atomic mass is 9.62. The fraction of sp³-hybridized carbons (Fsp3) is 0.308. The van der Waals surface area contributed by atoms with Crippen LogP contribution in [0.5, 0.6) is 11.5 Å². The zero-order valence-electron chi connectivity index (χ0n) is 16.7. The summed E-state index contributed by atoms with van der Waals surface area (Å²) in [6.45, 7) is 3.93. The van der Waals surface area contributed by atoms with Crippen molar-refractivity contribution in [3.8, 4) is 11.5 Å². The summed E-state index contributed by atoms with van der Waals surface area (Å²) in [5.41, 5.74) is 5.70. The zero-order valence-corrected chi connectivity index (χ0v) is 16.7. The molecular weight excluding hydrogens is 344 g/mol. The first-order valence-corrected chi connectivity index (χ1v) is 10.1. The fourth-order valence-corrected chi connectivity index (χ4v) is 4.82. The van der Waals surface area contributed by atoms with Gasteiger partial charge >= 0.3 is 0 Å². The third kappa shape index (κ3) is 3.28. The lowest BCUT2D eigenvalue weighted by Gasteiger charge is -2.42. The fourth-order valence-electron chi connectivity index (χ4n) is 4.82. The molecule has 0 spiro atoms. The minimum atomic E-state index is -0.0812. The third-order valence-electron chi connectivity index (χ3n) is 6.61. The van der Waals surface area contributed by atoms with Crippen LogP contribution in [0, 0.1) is 13.8 Å². The maximum atomic E-state index is 10.0. The van der Waals surface area contributed by atoms with E-state index < -0.39 is 0 Å². The van der Waals surface area contributed by atoms with E-state index in [1.54, 1.807) is 0 Å². The molecule has 0 radical (unpaired) electrons. The van der Waals surface area contributed by atoms with Crippen LogP contribution in [-0.4, -0.2) is 10.2 Å². The van der Waals surface area contributed by atoms with Gasteiger partial charge in [-0.15, -0.1) is 0 Å². The Morgan fingerprint density at radius 1 is 0.714 bits per heavy atom. The maximum Gasteiger partial charge on any atom is 0.118 e. The van der Waals surface area contributed by atoms with E-state index in [1.165, 1.54) is 16.7 Å². The highest BCUT2D eigenvalue weighted by molar-refractivity contribution is 5.48. The second-order valence-corrected chi connectivity index (χ2v) is 8.27. The van der Waals surface area contributed by atoms with Crippen LogP contribution in [0.25, 0.3) is 0 Å². The standard InChI is InChI=1S/C26H28O2/c1-18-16-22(8-10-24(18)27)26(23-9-11-25(28)19(2)17-23)14-12-21(13-15-26)20-6-4-3-5-7-20/h3-11,16-17,21,27-28H,12-15H2,1-2H3. The second kappa shape index (κ2) is 7.35. The normalized spacial score (nSPS) is 16.8. The molecule has 144 valence electrons. The van der Waals surface area contributed by atoms with Crippen LogP contribution in [-0.2, 0) is 5.41 Å². The van der Waals surface area contributed by atoms with E-state index in [0.29, 0.717) is 17.4 Å². The van der Waals surface area contributed by atoms with Gasteiger partial charge in [0.2, 0.25) is 0 Å². The summed E-state index contributed by atoms with van der Waals surface area (Å²) in [4.78, 5) is 0. The molecule has 4 rings (SSSR count). The van der Waals surface area contributed by atoms with Crippen LogP contribution in [0.3, 0.4) is 0 Å². The molecule has 2 N–H and O–H groups in total. The minimum absolute atomic E-state index is 0.0812. The summed E-state index contributed by atoms with van der Waals surface area (Å²) in [6, 6.07) is 22.9. The van der Waals surface area contributed by atoms with Gasteiger partial charge in [-0.1, -0.05) is 54.6 Å². The highest BCUT2D eigenvalue weighted by atomic mass is 16.3. The van der Waals surface area contributed by atoms with Gasteiger partial charge in [0.1, 0.15) is 11.5 Å². The molecule has 0 aliphatic heterocycles. The molecule has 0 aromatic heterocycles. The molecule has 1 aliphatic rings. The van der Waals surface area contributed by atoms with Gasteiger partial charge in [0, 0.05) is 5.41 Å². The van der Waals surface area contributed by atoms with Crippen LogP contribution in [0.4, 0.5) is 0 Å². The Bertz CT molecular complexity index is 913. The molecule has 0 atom stereocenters. The summed E-state index contributed by atoms with van der Waals surface area (Å²) in [5, 5.41) is 20.1. The Hall–Kier alpha value is -2.74. The summed E-state index contributed by atoms with van der Waals surface area (Å²) < 4.78 is 0. The number of rotatable bonds is 3. The van der Waals surface area contributed by atoms with Gasteiger partial charge in [-0.05, 0) is 85.4 Å². The van der Waals surface area contributed by atoms with E-state index in [1.807, 2.05) is 26.0 Å². The maximum absolute atomic E-state index is 10.0. The first-order valence-electron chi connectivity index (χ1n) is 10.1. The van der Waals surface area contributed by atoms with E-state index >= 15 is 0 Å². The molecule has 1 aliphatic carbocycles. The van der Waals surface area contributed by atoms with Crippen LogP contribution in [0.1, 0.15) is 59.4 Å². The molecule has 3 aromatic rings. The van der Waals surface area contributed by atoms with Crippen molar-refractivity contribution in [3.63, 3.8) is 0 Å². The first kappa shape index (κ1) is 18.6. The van der Waals surface area contributed by atoms with E-state index in [2.05, 4.69) is 54.6 Å². The van der Waals surface area contributed by atoms with Crippen LogP contribution < -0.4 is 0 Å². The molecule has 2 heteroatoms. The van der Waals surface area contributed by atoms with Crippen molar-refractivity contribution in [3.05, 3.63) is 94.5 Å². The Balaban J connectivity index is 1.75. The average Bonchev–Trinajstić information content (AvgIpc) is 2.73. The predicted octanol–water partition coefficient (Wildman–Crippen LogP) is 6.36. The molecule has 1 saturated carbocycles. The van der Waals surface area contributed by atoms with Crippen molar-refractivity contribution in [2.45, 2.75) is 50.9 Å². The Morgan fingerprint density at radius 3 is 1.68 bits per heavy atom. The largest absolute Gasteiger partial charge is 0.508 e. The molecule has 0 heterocycles. The molecule has 1 fully saturated rings. The molecule has 0 unspecified atom stereocenters. The number of hydrogen-bond donors (Lipinski definition) is 2. The lowest BCUT2D eigenvalue weighted by Crippen LogP contribution is -2.32. The van der Waals surface area contributed by atoms with Crippen molar-refractivity contribution < 1.29 is 10.2 Å². The topological polar surface area (TPSA) is 40.5 Å². The van der Waals surface area contributed by atoms with Crippen molar-refractivity contribution >= 4 is 0 Å². The van der Waals surface area contributed by atoms with Gasteiger partial charge in [0.25, 0.3) is 0 Å². The van der Waals surface area contributed by atoms with Gasteiger partial charge < -0.3 is 10.2 Å². The van der Waals surface area contributed by atoms with E-state index in [9.17, 15) is 10.2 Å². The van der Waals surface area contributed by atoms with Crippen molar-refractivity contribution in [1.29, 1.82) is 0 Å². The van der Waals surface area contributed by atoms with Crippen molar-refractivity contribution in [2.75, 3.05) is 0 Å². The summed E-state index contributed by atoms with van der Waals surface area (Å²) in [5.74, 6) is 1.28. The Kier molecular flexibility index (Phi) is 4.89. The van der Waals surface area contributed by atoms with E-state index in [-0.39, 0.29) is 5.41 Å². The molecule has 0 amide bonds. The Morgan fingerprint density at radius 2 is 1.21 bits per heavy atom. The van der Waals surface area contributed by atoms with Gasteiger partial charge in [-0.25, -0.2) is 0 Å². The lowest BCUT2D eigenvalue weighted by molar-refractivity contribution is 0.314. The van der Waals surface area contributed by atoms with Crippen LogP contribution in [0.15, 0.2) is 66.7 Å². The van der Waals surface area contributed by atoms with Gasteiger partial charge in [0.05, 0.1) is 0 Å². The van der Waals surface area contributed by atoms with Crippen molar-refractivity contribution in [2.24, 2.45) is 0 Å². The highest BCUT2D eigenvalue weighted by Crippen LogP contribution is 2.50. The molecule has 0 bridgehead atoms. The molecule has 3 aromatic carbocycles. The van der Waals surface area contributed by atoms with Crippen LogP contribution in [0.2, 0.25) is 0 Å². The summed E-state index contributed by atoms with van der Waals surface area (Å²) in [7, 11) is 0. The number of benzene rings is 3. The molecular formula is C26H28O2. The number of phenolic OH excluding ortho intramolecular Hbond substituents is 2. The number of phenols is 2. The smallest absolute Gasteiger partial charge is 0.118 e. The van der Waals surface area contributed by atoms with Crippen LogP contribution >= 0.6 is 0 Å². The van der Waals surface area contributed by atoms with Gasteiger partial charge in [0.15, 0.2) is 0 Å². The van der Waals surface area contributed by atoms with Gasteiger partial charge in [-0.3, -0.25) is 0 Å². The number of aromatic hydroxyl groups is 2. The van der Waals surface area contributed by atoms with Crippen molar-refractivity contribution in [1.82, 2.24) is 0 Å². The minimum Gasteiger partial charge on any atom is -0.508 e. The number of aryl methyl sites for hydroxylation is 2. The average molecular weight is 373 g/mol. The van der Waals surface area contributed by atoms with E-state index in [0.717, 1.165) is 36.8 Å². The van der Waals surface area contributed by atoms with E-state index in [4.69, 9.17) is 0 Å². The monoisotopic (exact) mass is 372 g/mol. The predicted molar refractivity (Wildman–Crippen MR) is 114 cm³/mol. The Labute approximate surface area is 167 Å². The number of hydrogen-bond acceptors (Lipinski definition) is 2. The molecule has 0 saturated heterocycles. The first-order chi connectivity index (χ1) is 13.5.